The molecule has 1 aliphatic rings. The van der Waals surface area contributed by atoms with Gasteiger partial charge >= 0.3 is 0 Å². The summed E-state index contributed by atoms with van der Waals surface area (Å²) in [5, 5.41) is 0.119. The van der Waals surface area contributed by atoms with Crippen molar-refractivity contribution < 1.29 is 4.39 Å². The number of benzene rings is 2. The molecule has 0 aromatic heterocycles. The predicted molar refractivity (Wildman–Crippen MR) is 80.5 cm³/mol. The van der Waals surface area contributed by atoms with E-state index in [1.54, 1.807) is 12.1 Å². The molecule has 1 unspecified atom stereocenters. The van der Waals surface area contributed by atoms with Gasteiger partial charge in [0.05, 0.1) is 11.1 Å². The predicted octanol–water partition coefficient (Wildman–Crippen LogP) is 4.79. The molecule has 1 nitrogen and oxygen atoms in total. The SMILES string of the molecule is NC(c1cccc(C2CCC2)c1)c1cccc(Cl)c1F. The van der Waals surface area contributed by atoms with Crippen LogP contribution in [0.1, 0.15) is 47.9 Å². The molecule has 0 saturated heterocycles. The zero-order valence-corrected chi connectivity index (χ0v) is 11.9. The van der Waals surface area contributed by atoms with Crippen molar-refractivity contribution >= 4 is 11.6 Å². The van der Waals surface area contributed by atoms with Gasteiger partial charge in [0.25, 0.3) is 0 Å². The van der Waals surface area contributed by atoms with Gasteiger partial charge in [-0.3, -0.25) is 0 Å². The maximum atomic E-state index is 14.1. The highest BCUT2D eigenvalue weighted by molar-refractivity contribution is 6.30. The minimum Gasteiger partial charge on any atom is -0.320 e. The zero-order valence-electron chi connectivity index (χ0n) is 11.2. The standard InChI is InChI=1S/C17H17ClFN/c18-15-9-3-8-14(16(15)19)17(20)13-7-2-6-12(10-13)11-4-1-5-11/h2-3,6-11,17H,1,4-5,20H2. The van der Waals surface area contributed by atoms with Crippen molar-refractivity contribution in [3.63, 3.8) is 0 Å². The molecule has 1 aliphatic carbocycles. The van der Waals surface area contributed by atoms with Crippen LogP contribution in [0.15, 0.2) is 42.5 Å². The molecule has 1 saturated carbocycles. The van der Waals surface area contributed by atoms with Crippen LogP contribution in [0.3, 0.4) is 0 Å². The highest BCUT2D eigenvalue weighted by Crippen LogP contribution is 2.37. The van der Waals surface area contributed by atoms with Crippen molar-refractivity contribution in [3.05, 3.63) is 70.0 Å². The lowest BCUT2D eigenvalue weighted by atomic mass is 9.79. The van der Waals surface area contributed by atoms with Gasteiger partial charge in [-0.25, -0.2) is 4.39 Å². The summed E-state index contributed by atoms with van der Waals surface area (Å²) in [6, 6.07) is 12.7. The highest BCUT2D eigenvalue weighted by Gasteiger charge is 2.21. The van der Waals surface area contributed by atoms with E-state index in [1.165, 1.54) is 30.9 Å². The summed E-state index contributed by atoms with van der Waals surface area (Å²) < 4.78 is 14.1. The van der Waals surface area contributed by atoms with Crippen LogP contribution >= 0.6 is 11.6 Å². The Labute approximate surface area is 123 Å². The van der Waals surface area contributed by atoms with Gasteiger partial charge in [-0.05, 0) is 36.0 Å². The summed E-state index contributed by atoms with van der Waals surface area (Å²) in [4.78, 5) is 0. The molecular weight excluding hydrogens is 273 g/mol. The van der Waals surface area contributed by atoms with Crippen LogP contribution in [0, 0.1) is 5.82 Å². The third-order valence-electron chi connectivity index (χ3n) is 4.16. The van der Waals surface area contributed by atoms with Crippen molar-refractivity contribution in [2.24, 2.45) is 5.73 Å². The smallest absolute Gasteiger partial charge is 0.146 e. The van der Waals surface area contributed by atoms with Crippen LogP contribution < -0.4 is 5.73 Å². The third kappa shape index (κ3) is 2.46. The van der Waals surface area contributed by atoms with Crippen LogP contribution in [-0.4, -0.2) is 0 Å². The van der Waals surface area contributed by atoms with Gasteiger partial charge in [-0.2, -0.15) is 0 Å². The Balaban J connectivity index is 1.93. The van der Waals surface area contributed by atoms with Crippen LogP contribution in [0.25, 0.3) is 0 Å². The molecule has 3 heteroatoms. The molecule has 0 bridgehead atoms. The molecule has 0 heterocycles. The maximum Gasteiger partial charge on any atom is 0.146 e. The monoisotopic (exact) mass is 289 g/mol. The summed E-state index contributed by atoms with van der Waals surface area (Å²) in [7, 11) is 0. The lowest BCUT2D eigenvalue weighted by Gasteiger charge is -2.26. The molecule has 0 amide bonds. The maximum absolute atomic E-state index is 14.1. The lowest BCUT2D eigenvalue weighted by molar-refractivity contribution is 0.419. The van der Waals surface area contributed by atoms with E-state index in [0.29, 0.717) is 11.5 Å². The minimum atomic E-state index is -0.478. The Bertz CT molecular complexity index is 622. The molecular formula is C17H17ClFN. The van der Waals surface area contributed by atoms with Crippen molar-refractivity contribution in [1.29, 1.82) is 0 Å². The highest BCUT2D eigenvalue weighted by atomic mass is 35.5. The first-order valence-electron chi connectivity index (χ1n) is 6.96. The van der Waals surface area contributed by atoms with E-state index < -0.39 is 11.9 Å². The Morgan fingerprint density at radius 1 is 1.15 bits per heavy atom. The topological polar surface area (TPSA) is 26.0 Å². The van der Waals surface area contributed by atoms with Gasteiger partial charge in [-0.1, -0.05) is 54.4 Å². The largest absolute Gasteiger partial charge is 0.320 e. The van der Waals surface area contributed by atoms with Gasteiger partial charge in [-0.15, -0.1) is 0 Å². The fourth-order valence-electron chi connectivity index (χ4n) is 2.69. The first kappa shape index (κ1) is 13.6. The normalized spacial score (nSPS) is 16.8. The van der Waals surface area contributed by atoms with Gasteiger partial charge in [0.15, 0.2) is 0 Å². The van der Waals surface area contributed by atoms with E-state index in [0.717, 1.165) is 5.56 Å². The molecule has 1 atom stereocenters. The second-order valence-corrected chi connectivity index (χ2v) is 5.83. The second-order valence-electron chi connectivity index (χ2n) is 5.42. The summed E-state index contributed by atoms with van der Waals surface area (Å²) in [5.74, 6) is 0.224. The van der Waals surface area contributed by atoms with Crippen LogP contribution in [0.2, 0.25) is 5.02 Å². The van der Waals surface area contributed by atoms with Crippen LogP contribution in [0.5, 0.6) is 0 Å². The van der Waals surface area contributed by atoms with Crippen molar-refractivity contribution in [2.45, 2.75) is 31.2 Å². The first-order chi connectivity index (χ1) is 9.66. The number of nitrogens with two attached hydrogens (primary N) is 1. The van der Waals surface area contributed by atoms with Crippen LogP contribution in [-0.2, 0) is 0 Å². The molecule has 3 rings (SSSR count). The summed E-state index contributed by atoms with van der Waals surface area (Å²) >= 11 is 5.83. The van der Waals surface area contributed by atoms with Crippen LogP contribution in [0.4, 0.5) is 4.39 Å². The molecule has 1 fully saturated rings. The molecule has 104 valence electrons. The average Bonchev–Trinajstić information content (AvgIpc) is 2.40. The first-order valence-corrected chi connectivity index (χ1v) is 7.34. The molecule has 0 spiro atoms. The summed E-state index contributed by atoms with van der Waals surface area (Å²) in [5.41, 5.74) is 8.92. The number of hydrogen-bond donors (Lipinski definition) is 1. The van der Waals surface area contributed by atoms with E-state index in [2.05, 4.69) is 12.1 Å². The van der Waals surface area contributed by atoms with Gasteiger partial charge < -0.3 is 5.73 Å². The van der Waals surface area contributed by atoms with Gasteiger partial charge in [0.2, 0.25) is 0 Å². The van der Waals surface area contributed by atoms with Crippen molar-refractivity contribution in [3.8, 4) is 0 Å². The number of rotatable bonds is 3. The van der Waals surface area contributed by atoms with Gasteiger partial charge in [0, 0.05) is 5.56 Å². The molecule has 2 N–H and O–H groups in total. The Morgan fingerprint density at radius 3 is 2.60 bits per heavy atom. The Morgan fingerprint density at radius 2 is 1.90 bits per heavy atom. The number of halogens is 2. The van der Waals surface area contributed by atoms with Crippen molar-refractivity contribution in [2.75, 3.05) is 0 Å². The van der Waals surface area contributed by atoms with E-state index in [-0.39, 0.29) is 5.02 Å². The fraction of sp³-hybridized carbons (Fsp3) is 0.294. The molecule has 2 aromatic carbocycles. The fourth-order valence-corrected chi connectivity index (χ4v) is 2.87. The third-order valence-corrected chi connectivity index (χ3v) is 4.45. The quantitative estimate of drug-likeness (QED) is 0.863. The van der Waals surface area contributed by atoms with Gasteiger partial charge in [0.1, 0.15) is 5.82 Å². The van der Waals surface area contributed by atoms with E-state index >= 15 is 0 Å². The summed E-state index contributed by atoms with van der Waals surface area (Å²) in [6.45, 7) is 0. The zero-order chi connectivity index (χ0) is 14.1. The van der Waals surface area contributed by atoms with E-state index in [1.807, 2.05) is 12.1 Å². The Kier molecular flexibility index (Phi) is 3.77. The van der Waals surface area contributed by atoms with E-state index in [4.69, 9.17) is 17.3 Å². The minimum absolute atomic E-state index is 0.119. The molecule has 0 radical (unpaired) electrons. The second kappa shape index (κ2) is 5.55. The Hall–Kier alpha value is -1.38. The average molecular weight is 290 g/mol. The van der Waals surface area contributed by atoms with E-state index in [9.17, 15) is 4.39 Å². The number of hydrogen-bond acceptors (Lipinski definition) is 1. The lowest BCUT2D eigenvalue weighted by Crippen LogP contribution is -2.15. The molecule has 0 aliphatic heterocycles. The summed E-state index contributed by atoms with van der Waals surface area (Å²) in [6.07, 6.45) is 3.78. The molecule has 2 aromatic rings. The van der Waals surface area contributed by atoms with Crippen molar-refractivity contribution in [1.82, 2.24) is 0 Å². The molecule has 20 heavy (non-hydrogen) atoms.